The molecule has 0 radical (unpaired) electrons. The molecule has 5 heteroatoms. The molecule has 0 aromatic heterocycles. The van der Waals surface area contributed by atoms with Crippen LogP contribution in [0.4, 0.5) is 5.69 Å². The number of hydrogen-bond acceptors (Lipinski definition) is 2. The molecule has 4 nitrogen and oxygen atoms in total. The molecular weight excluding hydrogens is 286 g/mol. The van der Waals surface area contributed by atoms with Crippen LogP contribution in [0.2, 0.25) is 0 Å². The summed E-state index contributed by atoms with van der Waals surface area (Å²) in [7, 11) is 4.50. The summed E-state index contributed by atoms with van der Waals surface area (Å²) in [4.78, 5) is 12.6. The maximum atomic E-state index is 10.2. The van der Waals surface area contributed by atoms with Gasteiger partial charge in [-0.1, -0.05) is 18.2 Å². The third kappa shape index (κ3) is 7.93. The molecular formula is C16H28ClN3O. The maximum Gasteiger partial charge on any atom is 0.207 e. The third-order valence-corrected chi connectivity index (χ3v) is 3.65. The number of anilines is 1. The maximum absolute atomic E-state index is 10.2. The minimum atomic E-state index is 0. The molecule has 0 spiro atoms. The van der Waals surface area contributed by atoms with E-state index in [2.05, 4.69) is 61.6 Å². The fourth-order valence-corrected chi connectivity index (χ4v) is 2.28. The topological polar surface area (TPSA) is 32.3 Å². The molecule has 21 heavy (non-hydrogen) atoms. The van der Waals surface area contributed by atoms with E-state index < -0.39 is 0 Å². The van der Waals surface area contributed by atoms with Gasteiger partial charge in [-0.25, -0.2) is 0 Å². The monoisotopic (exact) mass is 313 g/mol. The second-order valence-corrected chi connectivity index (χ2v) is 5.72. The smallest absolute Gasteiger partial charge is 0.207 e. The zero-order valence-electron chi connectivity index (χ0n) is 13.4. The van der Waals surface area contributed by atoms with Crippen LogP contribution in [-0.4, -0.2) is 57.7 Å². The lowest BCUT2D eigenvalue weighted by molar-refractivity contribution is -0.888. The highest BCUT2D eigenvalue weighted by Gasteiger charge is 2.16. The number of hydrogen-bond donors (Lipinski definition) is 1. The van der Waals surface area contributed by atoms with E-state index in [9.17, 15) is 4.79 Å². The highest BCUT2D eigenvalue weighted by atomic mass is 35.5. The van der Waals surface area contributed by atoms with Gasteiger partial charge in [0, 0.05) is 25.2 Å². The molecule has 0 heterocycles. The molecule has 0 unspecified atom stereocenters. The van der Waals surface area contributed by atoms with Gasteiger partial charge in [-0.15, -0.1) is 0 Å². The van der Waals surface area contributed by atoms with Gasteiger partial charge in [-0.3, -0.25) is 4.79 Å². The SMILES string of the molecule is CCN(CC[N+](C)(C)CCCNC=O)c1ccccc1.[Cl-]. The molecule has 0 aliphatic heterocycles. The lowest BCUT2D eigenvalue weighted by atomic mass is 10.2. The van der Waals surface area contributed by atoms with Crippen LogP contribution in [0, 0.1) is 0 Å². The van der Waals surface area contributed by atoms with E-state index >= 15 is 0 Å². The molecule has 0 atom stereocenters. The van der Waals surface area contributed by atoms with Gasteiger partial charge in [0.15, 0.2) is 0 Å². The molecule has 1 N–H and O–H groups in total. The number of nitrogens with one attached hydrogen (secondary N) is 1. The predicted octanol–water partition coefficient (Wildman–Crippen LogP) is -1.27. The van der Waals surface area contributed by atoms with Crippen molar-refractivity contribution in [2.24, 2.45) is 0 Å². The number of halogens is 1. The number of likely N-dealkylation sites (N-methyl/N-ethyl adjacent to an activating group) is 2. The largest absolute Gasteiger partial charge is 1.00 e. The number of amides is 1. The highest BCUT2D eigenvalue weighted by Crippen LogP contribution is 2.13. The first kappa shape index (κ1) is 19.7. The van der Waals surface area contributed by atoms with Crippen molar-refractivity contribution in [3.05, 3.63) is 30.3 Å². The lowest BCUT2D eigenvalue weighted by Gasteiger charge is -2.33. The van der Waals surface area contributed by atoms with E-state index in [1.54, 1.807) is 0 Å². The van der Waals surface area contributed by atoms with Crippen molar-refractivity contribution in [2.75, 3.05) is 51.7 Å². The predicted molar refractivity (Wildman–Crippen MR) is 84.9 cm³/mol. The average molecular weight is 314 g/mol. The Bertz CT molecular complexity index is 384. The van der Waals surface area contributed by atoms with E-state index in [0.717, 1.165) is 50.0 Å². The Labute approximate surface area is 135 Å². The fraction of sp³-hybridized carbons (Fsp3) is 0.562. The number of benzene rings is 1. The summed E-state index contributed by atoms with van der Waals surface area (Å²) in [6, 6.07) is 10.6. The van der Waals surface area contributed by atoms with Gasteiger partial charge < -0.3 is 27.1 Å². The van der Waals surface area contributed by atoms with E-state index in [4.69, 9.17) is 0 Å². The molecule has 1 aromatic rings. The molecule has 1 rings (SSSR count). The van der Waals surface area contributed by atoms with Gasteiger partial charge in [0.25, 0.3) is 0 Å². The van der Waals surface area contributed by atoms with Crippen molar-refractivity contribution in [1.82, 2.24) is 5.32 Å². The van der Waals surface area contributed by atoms with Gasteiger partial charge in [0.2, 0.25) is 6.41 Å². The molecule has 0 saturated heterocycles. The summed E-state index contributed by atoms with van der Waals surface area (Å²) in [6.45, 7) is 7.21. The Morgan fingerprint density at radius 2 is 1.86 bits per heavy atom. The van der Waals surface area contributed by atoms with Crippen LogP contribution in [0.25, 0.3) is 0 Å². The van der Waals surface area contributed by atoms with Crippen molar-refractivity contribution in [1.29, 1.82) is 0 Å². The van der Waals surface area contributed by atoms with Crippen LogP contribution in [0.15, 0.2) is 30.3 Å². The number of carbonyl (C=O) groups excluding carboxylic acids is 1. The van der Waals surface area contributed by atoms with Crippen LogP contribution in [0.3, 0.4) is 0 Å². The van der Waals surface area contributed by atoms with Crippen molar-refractivity contribution in [2.45, 2.75) is 13.3 Å². The second-order valence-electron chi connectivity index (χ2n) is 5.72. The summed E-state index contributed by atoms with van der Waals surface area (Å²) < 4.78 is 0.976. The Hall–Kier alpha value is -1.26. The first-order valence-corrected chi connectivity index (χ1v) is 7.38. The number of para-hydroxylation sites is 1. The van der Waals surface area contributed by atoms with Crippen molar-refractivity contribution in [3.63, 3.8) is 0 Å². The third-order valence-electron chi connectivity index (χ3n) is 3.65. The Kier molecular flexibility index (Phi) is 9.84. The van der Waals surface area contributed by atoms with Crippen molar-refractivity contribution in [3.8, 4) is 0 Å². The molecule has 0 fully saturated rings. The van der Waals surface area contributed by atoms with E-state index in [1.807, 2.05) is 0 Å². The highest BCUT2D eigenvalue weighted by molar-refractivity contribution is 5.46. The van der Waals surface area contributed by atoms with Crippen molar-refractivity contribution >= 4 is 12.1 Å². The molecule has 0 aliphatic rings. The average Bonchev–Trinajstić information content (AvgIpc) is 2.45. The summed E-state index contributed by atoms with van der Waals surface area (Å²) >= 11 is 0. The van der Waals surface area contributed by atoms with E-state index in [-0.39, 0.29) is 12.4 Å². The number of nitrogens with zero attached hydrogens (tertiary/aromatic N) is 2. The first-order valence-electron chi connectivity index (χ1n) is 7.38. The summed E-state index contributed by atoms with van der Waals surface area (Å²) in [5, 5.41) is 2.72. The normalized spacial score (nSPS) is 10.6. The van der Waals surface area contributed by atoms with E-state index in [1.165, 1.54) is 5.69 Å². The fourth-order valence-electron chi connectivity index (χ4n) is 2.28. The van der Waals surface area contributed by atoms with E-state index in [0.29, 0.717) is 0 Å². The second kappa shape index (κ2) is 10.5. The number of rotatable bonds is 10. The molecule has 1 aromatic carbocycles. The molecule has 0 saturated carbocycles. The Morgan fingerprint density at radius 3 is 2.43 bits per heavy atom. The molecule has 0 bridgehead atoms. The van der Waals surface area contributed by atoms with Gasteiger partial charge in [-0.2, -0.15) is 0 Å². The van der Waals surface area contributed by atoms with Crippen LogP contribution >= 0.6 is 0 Å². The summed E-state index contributed by atoms with van der Waals surface area (Å²) in [5.41, 5.74) is 1.29. The van der Waals surface area contributed by atoms with Gasteiger partial charge in [0.05, 0.1) is 33.7 Å². The summed E-state index contributed by atoms with van der Waals surface area (Å²) in [5.74, 6) is 0. The minimum absolute atomic E-state index is 0. The van der Waals surface area contributed by atoms with Gasteiger partial charge in [0.1, 0.15) is 0 Å². The van der Waals surface area contributed by atoms with Crippen molar-refractivity contribution < 1.29 is 21.7 Å². The van der Waals surface area contributed by atoms with Crippen LogP contribution in [0.5, 0.6) is 0 Å². The van der Waals surface area contributed by atoms with Crippen LogP contribution < -0.4 is 22.6 Å². The zero-order valence-corrected chi connectivity index (χ0v) is 14.1. The molecule has 1 amide bonds. The molecule has 0 aliphatic carbocycles. The standard InChI is InChI=1S/C16H27N3O.ClH/c1-4-18(16-9-6-5-7-10-16)12-14-19(2,3)13-8-11-17-15-20;/h5-7,9-10,15H,4,8,11-14H2,1-3H3;1H. The van der Waals surface area contributed by atoms with Gasteiger partial charge in [-0.05, 0) is 19.1 Å². The summed E-state index contributed by atoms with van der Waals surface area (Å²) in [6.07, 6.45) is 1.79. The van der Waals surface area contributed by atoms with Crippen LogP contribution in [-0.2, 0) is 4.79 Å². The van der Waals surface area contributed by atoms with Crippen LogP contribution in [0.1, 0.15) is 13.3 Å². The minimum Gasteiger partial charge on any atom is -1.00 e. The quantitative estimate of drug-likeness (QED) is 0.332. The molecule has 120 valence electrons. The number of carbonyl (C=O) groups is 1. The van der Waals surface area contributed by atoms with Gasteiger partial charge >= 0.3 is 0 Å². The first-order chi connectivity index (χ1) is 9.59. The Balaban J connectivity index is 0.00000400. The number of quaternary nitrogens is 1. The lowest BCUT2D eigenvalue weighted by Crippen LogP contribution is -3.00. The zero-order chi connectivity index (χ0) is 14.8. The Morgan fingerprint density at radius 1 is 1.19 bits per heavy atom.